The molecule has 0 radical (unpaired) electrons. The predicted octanol–water partition coefficient (Wildman–Crippen LogP) is 0.197. The van der Waals surface area contributed by atoms with E-state index in [9.17, 15) is 0 Å². The Morgan fingerprint density at radius 3 is 3.00 bits per heavy atom. The Hall–Kier alpha value is -0.120. The zero-order valence-corrected chi connectivity index (χ0v) is 7.70. The number of hydrogen-bond donors (Lipinski definition) is 1. The van der Waals surface area contributed by atoms with E-state index in [4.69, 9.17) is 10.5 Å². The van der Waals surface area contributed by atoms with Crippen molar-refractivity contribution < 1.29 is 4.74 Å². The van der Waals surface area contributed by atoms with Crippen molar-refractivity contribution in [1.29, 1.82) is 0 Å². The molecule has 0 aromatic carbocycles. The minimum atomic E-state index is 0.351. The van der Waals surface area contributed by atoms with Gasteiger partial charge in [0, 0.05) is 25.2 Å². The molecule has 0 aliphatic carbocycles. The minimum Gasteiger partial charge on any atom is -0.375 e. The van der Waals surface area contributed by atoms with Gasteiger partial charge in [0.05, 0.1) is 12.7 Å². The molecule has 2 aliphatic rings. The molecule has 3 nitrogen and oxygen atoms in total. The zero-order valence-electron chi connectivity index (χ0n) is 7.70. The molecule has 2 aliphatic heterocycles. The number of likely N-dealkylation sites (tertiary alicyclic amines) is 1. The predicted molar refractivity (Wildman–Crippen MR) is 48.0 cm³/mol. The highest BCUT2D eigenvalue weighted by Gasteiger charge is 2.38. The van der Waals surface area contributed by atoms with Gasteiger partial charge in [0.25, 0.3) is 0 Å². The summed E-state index contributed by atoms with van der Waals surface area (Å²) in [7, 11) is 0. The van der Waals surface area contributed by atoms with Crippen molar-refractivity contribution in [2.45, 2.75) is 38.0 Å². The number of nitrogens with zero attached hydrogens (tertiary/aromatic N) is 1. The van der Waals surface area contributed by atoms with Gasteiger partial charge in [0.15, 0.2) is 0 Å². The number of fused-ring (bicyclic) bond motifs is 2. The molecule has 0 spiro atoms. The summed E-state index contributed by atoms with van der Waals surface area (Å²) in [6, 6.07) is 1.02. The summed E-state index contributed by atoms with van der Waals surface area (Å²) in [5.41, 5.74) is 5.90. The van der Waals surface area contributed by atoms with Crippen LogP contribution in [0.4, 0.5) is 0 Å². The van der Waals surface area contributed by atoms with Crippen molar-refractivity contribution in [1.82, 2.24) is 4.90 Å². The summed E-state index contributed by atoms with van der Waals surface area (Å²) in [6.07, 6.45) is 2.82. The van der Waals surface area contributed by atoms with E-state index in [1.54, 1.807) is 0 Å². The molecule has 2 bridgehead atoms. The monoisotopic (exact) mass is 170 g/mol. The molecule has 70 valence electrons. The van der Waals surface area contributed by atoms with Gasteiger partial charge in [-0.15, -0.1) is 0 Å². The molecule has 3 heteroatoms. The Morgan fingerprint density at radius 2 is 2.50 bits per heavy atom. The lowest BCUT2D eigenvalue weighted by atomic mass is 10.2. The minimum absolute atomic E-state index is 0.351. The van der Waals surface area contributed by atoms with Crippen molar-refractivity contribution in [3.8, 4) is 0 Å². The maximum Gasteiger partial charge on any atom is 0.0718 e. The Morgan fingerprint density at radius 1 is 1.67 bits per heavy atom. The first-order valence-electron chi connectivity index (χ1n) is 4.90. The smallest absolute Gasteiger partial charge is 0.0718 e. The van der Waals surface area contributed by atoms with Gasteiger partial charge < -0.3 is 10.5 Å². The first-order chi connectivity index (χ1) is 5.79. The standard InChI is InChI=1S/C9H18N2O/c1-2-7(10)4-11-5-9-3-8(11)6-12-9/h7-9H,2-6,10H2,1H3/t7-,8?,9?/m1/s1. The summed E-state index contributed by atoms with van der Waals surface area (Å²) < 4.78 is 5.51. The van der Waals surface area contributed by atoms with E-state index in [0.29, 0.717) is 18.2 Å². The normalized spacial score (nSPS) is 37.5. The summed E-state index contributed by atoms with van der Waals surface area (Å²) in [5, 5.41) is 0. The van der Waals surface area contributed by atoms with Crippen molar-refractivity contribution in [3.63, 3.8) is 0 Å². The highest BCUT2D eigenvalue weighted by atomic mass is 16.5. The maximum atomic E-state index is 5.90. The summed E-state index contributed by atoms with van der Waals surface area (Å²) in [5.74, 6) is 0. The summed E-state index contributed by atoms with van der Waals surface area (Å²) in [6.45, 7) is 5.25. The fraction of sp³-hybridized carbons (Fsp3) is 1.00. The molecule has 2 N–H and O–H groups in total. The molecule has 0 aromatic rings. The van der Waals surface area contributed by atoms with Crippen LogP contribution >= 0.6 is 0 Å². The third kappa shape index (κ3) is 1.49. The van der Waals surface area contributed by atoms with Crippen LogP contribution in [0.15, 0.2) is 0 Å². The topological polar surface area (TPSA) is 38.5 Å². The Kier molecular flexibility index (Phi) is 2.35. The molecule has 2 saturated heterocycles. The first-order valence-corrected chi connectivity index (χ1v) is 4.90. The summed E-state index contributed by atoms with van der Waals surface area (Å²) in [4.78, 5) is 2.49. The summed E-state index contributed by atoms with van der Waals surface area (Å²) >= 11 is 0. The van der Waals surface area contributed by atoms with Crippen LogP contribution in [-0.2, 0) is 4.74 Å². The Labute approximate surface area is 73.9 Å². The number of nitrogens with two attached hydrogens (primary N) is 1. The molecule has 12 heavy (non-hydrogen) atoms. The van der Waals surface area contributed by atoms with Crippen molar-refractivity contribution >= 4 is 0 Å². The molecule has 0 aromatic heterocycles. The fourth-order valence-corrected chi connectivity index (χ4v) is 2.13. The van der Waals surface area contributed by atoms with Crippen LogP contribution in [0.5, 0.6) is 0 Å². The number of morpholine rings is 1. The number of ether oxygens (including phenoxy) is 1. The van der Waals surface area contributed by atoms with Gasteiger partial charge in [-0.05, 0) is 12.8 Å². The number of rotatable bonds is 3. The maximum absolute atomic E-state index is 5.90. The lowest BCUT2D eigenvalue weighted by molar-refractivity contribution is 0.0283. The average Bonchev–Trinajstić information content (AvgIpc) is 2.64. The zero-order chi connectivity index (χ0) is 8.55. The highest BCUT2D eigenvalue weighted by Crippen LogP contribution is 2.27. The van der Waals surface area contributed by atoms with Gasteiger partial charge in [-0.1, -0.05) is 6.92 Å². The first kappa shape index (κ1) is 8.48. The SMILES string of the molecule is CC[C@@H](N)CN1CC2CC1CO2. The molecule has 2 fully saturated rings. The van der Waals surface area contributed by atoms with Gasteiger partial charge in [0.2, 0.25) is 0 Å². The van der Waals surface area contributed by atoms with E-state index in [-0.39, 0.29) is 0 Å². The van der Waals surface area contributed by atoms with Crippen LogP contribution in [0.1, 0.15) is 19.8 Å². The van der Waals surface area contributed by atoms with Gasteiger partial charge in [-0.25, -0.2) is 0 Å². The second-order valence-electron chi connectivity index (χ2n) is 3.97. The van der Waals surface area contributed by atoms with E-state index in [1.807, 2.05) is 0 Å². The van der Waals surface area contributed by atoms with Gasteiger partial charge >= 0.3 is 0 Å². The second-order valence-corrected chi connectivity index (χ2v) is 3.97. The van der Waals surface area contributed by atoms with Crippen LogP contribution in [0, 0.1) is 0 Å². The molecule has 2 heterocycles. The Bertz CT molecular complexity index is 163. The fourth-order valence-electron chi connectivity index (χ4n) is 2.13. The lowest BCUT2D eigenvalue weighted by Crippen LogP contribution is -2.44. The van der Waals surface area contributed by atoms with E-state index in [1.165, 1.54) is 6.42 Å². The molecule has 0 saturated carbocycles. The average molecular weight is 170 g/mol. The van der Waals surface area contributed by atoms with Crippen molar-refractivity contribution in [2.24, 2.45) is 5.73 Å². The third-order valence-electron chi connectivity index (χ3n) is 3.01. The van der Waals surface area contributed by atoms with Crippen LogP contribution in [0.2, 0.25) is 0 Å². The van der Waals surface area contributed by atoms with Gasteiger partial charge in [-0.3, -0.25) is 4.90 Å². The van der Waals surface area contributed by atoms with Crippen molar-refractivity contribution in [3.05, 3.63) is 0 Å². The quantitative estimate of drug-likeness (QED) is 0.657. The highest BCUT2D eigenvalue weighted by molar-refractivity contribution is 4.92. The van der Waals surface area contributed by atoms with Crippen molar-refractivity contribution in [2.75, 3.05) is 19.7 Å². The van der Waals surface area contributed by atoms with Crippen LogP contribution in [0.3, 0.4) is 0 Å². The van der Waals surface area contributed by atoms with Crippen LogP contribution < -0.4 is 5.73 Å². The largest absolute Gasteiger partial charge is 0.375 e. The third-order valence-corrected chi connectivity index (χ3v) is 3.01. The van der Waals surface area contributed by atoms with E-state index in [0.717, 1.165) is 26.1 Å². The Balaban J connectivity index is 1.82. The van der Waals surface area contributed by atoms with E-state index in [2.05, 4.69) is 11.8 Å². The molecular weight excluding hydrogens is 152 g/mol. The molecule has 2 unspecified atom stereocenters. The van der Waals surface area contributed by atoms with Gasteiger partial charge in [-0.2, -0.15) is 0 Å². The van der Waals surface area contributed by atoms with Gasteiger partial charge in [0.1, 0.15) is 0 Å². The molecule has 0 amide bonds. The molecule has 2 rings (SSSR count). The molecular formula is C9H18N2O. The van der Waals surface area contributed by atoms with E-state index < -0.39 is 0 Å². The van der Waals surface area contributed by atoms with Crippen LogP contribution in [0.25, 0.3) is 0 Å². The van der Waals surface area contributed by atoms with E-state index >= 15 is 0 Å². The lowest BCUT2D eigenvalue weighted by Gasteiger charge is -2.28. The number of hydrogen-bond acceptors (Lipinski definition) is 3. The van der Waals surface area contributed by atoms with Crippen LogP contribution in [-0.4, -0.2) is 42.8 Å². The second kappa shape index (κ2) is 3.32. The molecule has 3 atom stereocenters.